The molecule has 0 saturated carbocycles. The number of halogens is 1. The molecular weight excluding hydrogens is 274 g/mol. The van der Waals surface area contributed by atoms with Crippen molar-refractivity contribution in [3.63, 3.8) is 0 Å². The highest BCUT2D eigenvalue weighted by atomic mass is 35.5. The molecule has 0 aliphatic heterocycles. The maximum absolute atomic E-state index is 6.06. The van der Waals surface area contributed by atoms with Crippen LogP contribution in [-0.4, -0.2) is 22.3 Å². The molecule has 1 N–H and O–H groups in total. The number of aromatic amines is 1. The van der Waals surface area contributed by atoms with Crippen LogP contribution in [0.15, 0.2) is 30.3 Å². The molecule has 2 heterocycles. The fourth-order valence-corrected chi connectivity index (χ4v) is 2.44. The van der Waals surface area contributed by atoms with Gasteiger partial charge in [0.1, 0.15) is 5.75 Å². The molecule has 0 fully saturated rings. The SMILES string of the molecule is COc1ccc(Cc2nnc(Cl)c3[nH]c(C)cc23)cc1. The number of fused-ring (bicyclic) bond motifs is 1. The Morgan fingerprint density at radius 2 is 1.95 bits per heavy atom. The van der Waals surface area contributed by atoms with Crippen molar-refractivity contribution in [2.24, 2.45) is 0 Å². The summed E-state index contributed by atoms with van der Waals surface area (Å²) in [5.74, 6) is 0.846. The van der Waals surface area contributed by atoms with E-state index < -0.39 is 0 Å². The molecule has 5 heteroatoms. The van der Waals surface area contributed by atoms with Crippen molar-refractivity contribution in [2.45, 2.75) is 13.3 Å². The van der Waals surface area contributed by atoms with Crippen molar-refractivity contribution in [3.8, 4) is 5.75 Å². The standard InChI is InChI=1S/C15H14ClN3O/c1-9-7-12-13(18-19-15(16)14(12)17-9)8-10-3-5-11(20-2)6-4-10/h3-7,17H,8H2,1-2H3. The number of aromatic nitrogens is 3. The number of methoxy groups -OCH3 is 1. The summed E-state index contributed by atoms with van der Waals surface area (Å²) in [5.41, 5.74) is 3.97. The molecule has 0 atom stereocenters. The summed E-state index contributed by atoms with van der Waals surface area (Å²) in [6, 6.07) is 9.99. The molecule has 3 aromatic rings. The Balaban J connectivity index is 1.99. The van der Waals surface area contributed by atoms with Crippen LogP contribution in [0.5, 0.6) is 5.75 Å². The second-order valence-corrected chi connectivity index (χ2v) is 5.06. The zero-order valence-corrected chi connectivity index (χ0v) is 12.0. The Labute approximate surface area is 121 Å². The summed E-state index contributed by atoms with van der Waals surface area (Å²) in [4.78, 5) is 3.22. The minimum absolute atomic E-state index is 0.409. The highest BCUT2D eigenvalue weighted by Crippen LogP contribution is 2.25. The molecule has 2 aromatic heterocycles. The number of ether oxygens (including phenoxy) is 1. The van der Waals surface area contributed by atoms with Gasteiger partial charge in [-0.2, -0.15) is 5.10 Å². The predicted octanol–water partition coefficient (Wildman–Crippen LogP) is 3.52. The Bertz CT molecular complexity index is 750. The monoisotopic (exact) mass is 287 g/mol. The van der Waals surface area contributed by atoms with Crippen molar-refractivity contribution in [3.05, 3.63) is 52.4 Å². The number of H-pyrrole nitrogens is 1. The molecule has 20 heavy (non-hydrogen) atoms. The lowest BCUT2D eigenvalue weighted by Crippen LogP contribution is -1.96. The number of nitrogens with zero attached hydrogens (tertiary/aromatic N) is 2. The van der Waals surface area contributed by atoms with E-state index in [1.54, 1.807) is 7.11 Å². The van der Waals surface area contributed by atoms with Crippen LogP contribution in [0.4, 0.5) is 0 Å². The molecule has 0 saturated heterocycles. The predicted molar refractivity (Wildman–Crippen MR) is 79.4 cm³/mol. The number of rotatable bonds is 3. The van der Waals surface area contributed by atoms with Gasteiger partial charge in [0.15, 0.2) is 5.15 Å². The first-order valence-corrected chi connectivity index (χ1v) is 6.68. The summed E-state index contributed by atoms with van der Waals surface area (Å²) in [6.45, 7) is 1.99. The molecular formula is C15H14ClN3O. The van der Waals surface area contributed by atoms with Gasteiger partial charge in [0.25, 0.3) is 0 Å². The van der Waals surface area contributed by atoms with Gasteiger partial charge in [0.05, 0.1) is 18.3 Å². The van der Waals surface area contributed by atoms with Gasteiger partial charge in [-0.05, 0) is 30.7 Å². The van der Waals surface area contributed by atoms with E-state index >= 15 is 0 Å². The lowest BCUT2D eigenvalue weighted by atomic mass is 10.1. The van der Waals surface area contributed by atoms with Crippen molar-refractivity contribution >= 4 is 22.5 Å². The third-order valence-corrected chi connectivity index (χ3v) is 3.52. The maximum atomic E-state index is 6.06. The van der Waals surface area contributed by atoms with Crippen molar-refractivity contribution < 1.29 is 4.74 Å². The normalized spacial score (nSPS) is 10.9. The summed E-state index contributed by atoms with van der Waals surface area (Å²) >= 11 is 6.06. The van der Waals surface area contributed by atoms with E-state index in [0.29, 0.717) is 11.6 Å². The van der Waals surface area contributed by atoms with Gasteiger partial charge >= 0.3 is 0 Å². The second-order valence-electron chi connectivity index (χ2n) is 4.70. The van der Waals surface area contributed by atoms with Crippen LogP contribution in [0.1, 0.15) is 17.0 Å². The van der Waals surface area contributed by atoms with E-state index in [1.807, 2.05) is 31.2 Å². The summed E-state index contributed by atoms with van der Waals surface area (Å²) < 4.78 is 5.16. The Kier molecular flexibility index (Phi) is 3.32. The van der Waals surface area contributed by atoms with Gasteiger partial charge in [-0.25, -0.2) is 0 Å². The smallest absolute Gasteiger partial charge is 0.175 e. The molecule has 0 aliphatic carbocycles. The van der Waals surface area contributed by atoms with Crippen LogP contribution in [0, 0.1) is 6.92 Å². The van der Waals surface area contributed by atoms with Crippen molar-refractivity contribution in [1.82, 2.24) is 15.2 Å². The number of benzene rings is 1. The van der Waals surface area contributed by atoms with E-state index in [1.165, 1.54) is 0 Å². The van der Waals surface area contributed by atoms with E-state index in [0.717, 1.165) is 33.6 Å². The van der Waals surface area contributed by atoms with Gasteiger partial charge in [-0.15, -0.1) is 5.10 Å². The Morgan fingerprint density at radius 3 is 2.65 bits per heavy atom. The molecule has 4 nitrogen and oxygen atoms in total. The average Bonchev–Trinajstić information content (AvgIpc) is 2.86. The molecule has 0 aliphatic rings. The minimum atomic E-state index is 0.409. The summed E-state index contributed by atoms with van der Waals surface area (Å²) in [7, 11) is 1.66. The first kappa shape index (κ1) is 12.9. The molecule has 3 rings (SSSR count). The van der Waals surface area contributed by atoms with Crippen LogP contribution in [0.25, 0.3) is 10.9 Å². The Hall–Kier alpha value is -2.07. The number of hydrogen-bond acceptors (Lipinski definition) is 3. The molecule has 102 valence electrons. The third kappa shape index (κ3) is 2.34. The number of nitrogens with one attached hydrogen (secondary N) is 1. The highest BCUT2D eigenvalue weighted by molar-refractivity contribution is 6.33. The molecule has 0 amide bonds. The average molecular weight is 288 g/mol. The van der Waals surface area contributed by atoms with Gasteiger partial charge in [-0.1, -0.05) is 23.7 Å². The van der Waals surface area contributed by atoms with Gasteiger partial charge in [0, 0.05) is 17.5 Å². The lowest BCUT2D eigenvalue weighted by molar-refractivity contribution is 0.414. The molecule has 0 radical (unpaired) electrons. The van der Waals surface area contributed by atoms with Gasteiger partial charge in [0.2, 0.25) is 0 Å². The molecule has 0 unspecified atom stereocenters. The number of aryl methyl sites for hydroxylation is 1. The highest BCUT2D eigenvalue weighted by Gasteiger charge is 2.11. The van der Waals surface area contributed by atoms with Gasteiger partial charge < -0.3 is 9.72 Å². The van der Waals surface area contributed by atoms with Gasteiger partial charge in [-0.3, -0.25) is 0 Å². The number of hydrogen-bond donors (Lipinski definition) is 1. The van der Waals surface area contributed by atoms with Crippen LogP contribution >= 0.6 is 11.6 Å². The quantitative estimate of drug-likeness (QED) is 0.802. The Morgan fingerprint density at radius 1 is 1.20 bits per heavy atom. The van der Waals surface area contributed by atoms with E-state index in [9.17, 15) is 0 Å². The topological polar surface area (TPSA) is 50.8 Å². The second kappa shape index (κ2) is 5.13. The fraction of sp³-hybridized carbons (Fsp3) is 0.200. The minimum Gasteiger partial charge on any atom is -0.497 e. The van der Waals surface area contributed by atoms with E-state index in [-0.39, 0.29) is 0 Å². The van der Waals surface area contributed by atoms with Crippen LogP contribution in [0.3, 0.4) is 0 Å². The van der Waals surface area contributed by atoms with Crippen LogP contribution in [0.2, 0.25) is 5.15 Å². The largest absolute Gasteiger partial charge is 0.497 e. The molecule has 1 aromatic carbocycles. The van der Waals surface area contributed by atoms with Crippen molar-refractivity contribution in [2.75, 3.05) is 7.11 Å². The fourth-order valence-electron chi connectivity index (χ4n) is 2.25. The maximum Gasteiger partial charge on any atom is 0.175 e. The zero-order valence-electron chi connectivity index (χ0n) is 11.3. The first-order valence-electron chi connectivity index (χ1n) is 6.30. The lowest BCUT2D eigenvalue weighted by Gasteiger charge is -2.04. The van der Waals surface area contributed by atoms with Crippen molar-refractivity contribution in [1.29, 1.82) is 0 Å². The van der Waals surface area contributed by atoms with Crippen LogP contribution < -0.4 is 4.74 Å². The van der Waals surface area contributed by atoms with E-state index in [4.69, 9.17) is 16.3 Å². The summed E-state index contributed by atoms with van der Waals surface area (Å²) in [6.07, 6.45) is 0.710. The van der Waals surface area contributed by atoms with Crippen LogP contribution in [-0.2, 0) is 6.42 Å². The zero-order chi connectivity index (χ0) is 14.1. The molecule has 0 bridgehead atoms. The first-order chi connectivity index (χ1) is 9.67. The summed E-state index contributed by atoms with van der Waals surface area (Å²) in [5, 5.41) is 9.67. The third-order valence-electron chi connectivity index (χ3n) is 3.26. The molecule has 0 spiro atoms. The van der Waals surface area contributed by atoms with E-state index in [2.05, 4.69) is 21.2 Å².